The smallest absolute Gasteiger partial charge is 0.264 e. The van der Waals surface area contributed by atoms with E-state index in [9.17, 15) is 18.8 Å². The van der Waals surface area contributed by atoms with E-state index in [4.69, 9.17) is 0 Å². The van der Waals surface area contributed by atoms with Crippen LogP contribution in [-0.2, 0) is 9.59 Å². The zero-order chi connectivity index (χ0) is 23.0. The van der Waals surface area contributed by atoms with Crippen molar-refractivity contribution in [3.8, 4) is 0 Å². The number of thiophene rings is 1. The van der Waals surface area contributed by atoms with Crippen molar-refractivity contribution in [2.24, 2.45) is 0 Å². The summed E-state index contributed by atoms with van der Waals surface area (Å²) in [6, 6.07) is 6.66. The summed E-state index contributed by atoms with van der Waals surface area (Å²) in [6.07, 6.45) is 2.46. The van der Waals surface area contributed by atoms with Crippen LogP contribution in [0.2, 0.25) is 0 Å². The van der Waals surface area contributed by atoms with Gasteiger partial charge in [-0.25, -0.2) is 4.39 Å². The van der Waals surface area contributed by atoms with Crippen molar-refractivity contribution in [3.05, 3.63) is 55.9 Å². The highest BCUT2D eigenvalue weighted by Gasteiger charge is 2.51. The fraction of sp³-hybridized carbons (Fsp3) is 0.435. The van der Waals surface area contributed by atoms with Gasteiger partial charge < -0.3 is 15.1 Å². The number of rotatable bonds is 4. The molecule has 0 aliphatic carbocycles. The molecular formula is C23H25BrFN3O3S. The molecule has 2 fully saturated rings. The average Bonchev–Trinajstić information content (AvgIpc) is 3.09. The molecule has 0 radical (unpaired) electrons. The Hall–Kier alpha value is -2.26. The second-order valence-electron chi connectivity index (χ2n) is 8.54. The molecule has 4 rings (SSSR count). The summed E-state index contributed by atoms with van der Waals surface area (Å²) in [5.41, 5.74) is 1.10. The lowest BCUT2D eigenvalue weighted by molar-refractivity contribution is -0.142. The van der Waals surface area contributed by atoms with Crippen LogP contribution in [0.1, 0.15) is 53.0 Å². The predicted octanol–water partition coefficient (Wildman–Crippen LogP) is 4.04. The Bertz CT molecular complexity index is 1060. The SMILES string of the molecule is CC(=O)N[C@H](C(=O)N1CCCC2(CCN2C(=O)c2sc(Br)cc2C)C1)c1ccc(F)cc1. The van der Waals surface area contributed by atoms with E-state index in [2.05, 4.69) is 21.2 Å². The van der Waals surface area contributed by atoms with Crippen LogP contribution >= 0.6 is 27.3 Å². The number of halogens is 2. The molecule has 2 saturated heterocycles. The number of carbonyl (C=O) groups excluding carboxylic acids is 3. The van der Waals surface area contributed by atoms with Crippen molar-refractivity contribution < 1.29 is 18.8 Å². The third-order valence-corrected chi connectivity index (χ3v) is 8.09. The number of benzene rings is 1. The molecule has 3 heterocycles. The Morgan fingerprint density at radius 3 is 2.47 bits per heavy atom. The van der Waals surface area contributed by atoms with E-state index < -0.39 is 11.9 Å². The Balaban J connectivity index is 1.55. The Morgan fingerprint density at radius 2 is 1.91 bits per heavy atom. The van der Waals surface area contributed by atoms with Crippen LogP contribution in [-0.4, -0.2) is 52.7 Å². The molecule has 2 aromatic rings. The first-order chi connectivity index (χ1) is 15.2. The maximum atomic E-state index is 13.5. The first-order valence-corrected chi connectivity index (χ1v) is 12.2. The van der Waals surface area contributed by atoms with Crippen LogP contribution in [0.15, 0.2) is 34.1 Å². The number of carbonyl (C=O) groups is 3. The van der Waals surface area contributed by atoms with Gasteiger partial charge in [0.1, 0.15) is 11.9 Å². The van der Waals surface area contributed by atoms with E-state index >= 15 is 0 Å². The first kappa shape index (κ1) is 22.9. The van der Waals surface area contributed by atoms with Gasteiger partial charge in [0, 0.05) is 26.6 Å². The van der Waals surface area contributed by atoms with Crippen LogP contribution in [0, 0.1) is 12.7 Å². The summed E-state index contributed by atoms with van der Waals surface area (Å²) in [7, 11) is 0. The molecule has 1 unspecified atom stereocenters. The molecule has 9 heteroatoms. The maximum Gasteiger partial charge on any atom is 0.264 e. The molecule has 1 aromatic heterocycles. The highest BCUT2D eigenvalue weighted by Crippen LogP contribution is 2.41. The second-order valence-corrected chi connectivity index (χ2v) is 11.0. The molecule has 1 spiro atoms. The largest absolute Gasteiger partial charge is 0.341 e. The monoisotopic (exact) mass is 521 g/mol. The summed E-state index contributed by atoms with van der Waals surface area (Å²) >= 11 is 4.89. The van der Waals surface area contributed by atoms with E-state index in [1.165, 1.54) is 42.5 Å². The van der Waals surface area contributed by atoms with E-state index in [-0.39, 0.29) is 23.3 Å². The summed E-state index contributed by atoms with van der Waals surface area (Å²) in [5, 5.41) is 2.71. The quantitative estimate of drug-likeness (QED) is 0.659. The molecule has 2 aliphatic heterocycles. The van der Waals surface area contributed by atoms with Crippen LogP contribution in [0.3, 0.4) is 0 Å². The van der Waals surface area contributed by atoms with Gasteiger partial charge in [-0.3, -0.25) is 14.4 Å². The van der Waals surface area contributed by atoms with Gasteiger partial charge in [0.15, 0.2) is 0 Å². The highest BCUT2D eigenvalue weighted by atomic mass is 79.9. The molecule has 0 saturated carbocycles. The fourth-order valence-electron chi connectivity index (χ4n) is 4.69. The number of amides is 3. The third-order valence-electron chi connectivity index (χ3n) is 6.37. The van der Waals surface area contributed by atoms with Crippen LogP contribution in [0.25, 0.3) is 0 Å². The summed E-state index contributed by atoms with van der Waals surface area (Å²) < 4.78 is 14.3. The molecule has 1 aromatic carbocycles. The number of nitrogens with zero attached hydrogens (tertiary/aromatic N) is 2. The Kier molecular flexibility index (Phi) is 6.40. The van der Waals surface area contributed by atoms with Crippen molar-refractivity contribution in [3.63, 3.8) is 0 Å². The normalized spacial score (nSPS) is 21.2. The first-order valence-electron chi connectivity index (χ1n) is 10.6. The van der Waals surface area contributed by atoms with Crippen molar-refractivity contribution >= 4 is 45.0 Å². The number of likely N-dealkylation sites (tertiary alicyclic amines) is 2. The molecule has 1 N–H and O–H groups in total. The Labute approximate surface area is 198 Å². The van der Waals surface area contributed by atoms with Crippen molar-refractivity contribution in [1.82, 2.24) is 15.1 Å². The van der Waals surface area contributed by atoms with Gasteiger partial charge >= 0.3 is 0 Å². The summed E-state index contributed by atoms with van der Waals surface area (Å²) in [4.78, 5) is 42.9. The number of hydrogen-bond donors (Lipinski definition) is 1. The Morgan fingerprint density at radius 1 is 1.19 bits per heavy atom. The van der Waals surface area contributed by atoms with Crippen LogP contribution in [0.5, 0.6) is 0 Å². The fourth-order valence-corrected chi connectivity index (χ4v) is 6.37. The zero-order valence-corrected chi connectivity index (χ0v) is 20.4. The predicted molar refractivity (Wildman–Crippen MR) is 124 cm³/mol. The lowest BCUT2D eigenvalue weighted by atomic mass is 9.77. The molecule has 2 atom stereocenters. The minimum atomic E-state index is -0.886. The van der Waals surface area contributed by atoms with Gasteiger partial charge in [0.2, 0.25) is 11.8 Å². The van der Waals surface area contributed by atoms with Crippen LogP contribution < -0.4 is 5.32 Å². The van der Waals surface area contributed by atoms with Gasteiger partial charge in [-0.15, -0.1) is 11.3 Å². The topological polar surface area (TPSA) is 69.7 Å². The maximum absolute atomic E-state index is 13.5. The van der Waals surface area contributed by atoms with Crippen molar-refractivity contribution in [2.75, 3.05) is 19.6 Å². The van der Waals surface area contributed by atoms with E-state index in [1.54, 1.807) is 4.90 Å². The molecule has 2 aliphatic rings. The van der Waals surface area contributed by atoms with Crippen molar-refractivity contribution in [2.45, 2.75) is 44.7 Å². The van der Waals surface area contributed by atoms with E-state index in [0.29, 0.717) is 25.2 Å². The lowest BCUT2D eigenvalue weighted by Gasteiger charge is -2.57. The number of piperidine rings is 1. The minimum absolute atomic E-state index is 0.00990. The highest BCUT2D eigenvalue weighted by molar-refractivity contribution is 9.11. The molecule has 0 bridgehead atoms. The minimum Gasteiger partial charge on any atom is -0.341 e. The van der Waals surface area contributed by atoms with E-state index in [1.807, 2.05) is 17.9 Å². The van der Waals surface area contributed by atoms with E-state index in [0.717, 1.165) is 33.5 Å². The second kappa shape index (κ2) is 8.94. The van der Waals surface area contributed by atoms with Gasteiger partial charge in [-0.2, -0.15) is 0 Å². The van der Waals surface area contributed by atoms with Gasteiger partial charge in [0.05, 0.1) is 14.2 Å². The average molecular weight is 522 g/mol. The zero-order valence-electron chi connectivity index (χ0n) is 18.0. The molecule has 32 heavy (non-hydrogen) atoms. The molecule has 6 nitrogen and oxygen atoms in total. The van der Waals surface area contributed by atoms with Gasteiger partial charge in [0.25, 0.3) is 5.91 Å². The molecular weight excluding hydrogens is 497 g/mol. The number of nitrogens with one attached hydrogen (secondary N) is 1. The van der Waals surface area contributed by atoms with Gasteiger partial charge in [-0.1, -0.05) is 12.1 Å². The van der Waals surface area contributed by atoms with Crippen LogP contribution in [0.4, 0.5) is 4.39 Å². The molecule has 3 amide bonds. The lowest BCUT2D eigenvalue weighted by Crippen LogP contribution is -2.69. The van der Waals surface area contributed by atoms with Gasteiger partial charge in [-0.05, 0) is 71.4 Å². The summed E-state index contributed by atoms with van der Waals surface area (Å²) in [6.45, 7) is 4.94. The summed E-state index contributed by atoms with van der Waals surface area (Å²) in [5.74, 6) is -0.964. The third kappa shape index (κ3) is 4.32. The standard InChI is InChI=1S/C23H25BrFN3O3S/c1-14-12-18(24)32-20(14)22(31)28-11-9-23(28)8-3-10-27(13-23)21(30)19(26-15(2)29)16-4-6-17(25)7-5-16/h4-7,12,19H,3,8-11,13H2,1-2H3,(H,26,29)/t19-,23?/m0/s1. The van der Waals surface area contributed by atoms with Crippen molar-refractivity contribution in [1.29, 1.82) is 0 Å². The number of aryl methyl sites for hydroxylation is 1. The molecule has 170 valence electrons. The number of hydrogen-bond acceptors (Lipinski definition) is 4.